The smallest absolute Gasteiger partial charge is 0.319 e. The van der Waals surface area contributed by atoms with Crippen molar-refractivity contribution >= 4 is 22.6 Å². The number of benzene rings is 2. The summed E-state index contributed by atoms with van der Waals surface area (Å²) in [5.74, 6) is 1.53. The van der Waals surface area contributed by atoms with Crippen LogP contribution in [0.5, 0.6) is 11.5 Å². The van der Waals surface area contributed by atoms with Gasteiger partial charge in [-0.2, -0.15) is 0 Å². The van der Waals surface area contributed by atoms with Gasteiger partial charge in [0.05, 0.1) is 17.8 Å². The number of aromatic nitrogens is 1. The number of nitrogens with zero attached hydrogens (tertiary/aromatic N) is 1. The van der Waals surface area contributed by atoms with E-state index < -0.39 is 0 Å². The highest BCUT2D eigenvalue weighted by Gasteiger charge is 2.14. The second-order valence-corrected chi connectivity index (χ2v) is 7.03. The third-order valence-electron chi connectivity index (χ3n) is 4.73. The number of fused-ring (bicyclic) bond motifs is 1. The molecule has 3 aromatic rings. The van der Waals surface area contributed by atoms with Crippen LogP contribution >= 0.6 is 0 Å². The Morgan fingerprint density at radius 3 is 2.70 bits per heavy atom. The zero-order valence-corrected chi connectivity index (χ0v) is 17.8. The Morgan fingerprint density at radius 1 is 1.07 bits per heavy atom. The molecule has 1 aromatic heterocycles. The number of hydrogen-bond donors (Lipinski definition) is 2. The Labute approximate surface area is 177 Å². The number of carbonyl (C=O) groups is 1. The number of unbranched alkanes of at least 4 members (excludes halogenated alkanes) is 1. The molecule has 2 amide bonds. The van der Waals surface area contributed by atoms with Crippen LogP contribution in [0.25, 0.3) is 10.9 Å². The Morgan fingerprint density at radius 2 is 1.90 bits per heavy atom. The van der Waals surface area contributed by atoms with Gasteiger partial charge in [0.15, 0.2) is 0 Å². The van der Waals surface area contributed by atoms with Crippen molar-refractivity contribution in [1.29, 1.82) is 0 Å². The van der Waals surface area contributed by atoms with Crippen molar-refractivity contribution in [3.8, 4) is 11.5 Å². The Kier molecular flexibility index (Phi) is 7.49. The number of anilines is 1. The van der Waals surface area contributed by atoms with E-state index in [9.17, 15) is 4.79 Å². The minimum Gasteiger partial charge on any atom is -0.493 e. The Hall–Kier alpha value is -3.28. The van der Waals surface area contributed by atoms with Gasteiger partial charge >= 0.3 is 6.03 Å². The number of urea groups is 1. The zero-order valence-electron chi connectivity index (χ0n) is 17.8. The molecule has 0 radical (unpaired) electrons. The van der Waals surface area contributed by atoms with Gasteiger partial charge in [-0.05, 0) is 44.5 Å². The first-order chi connectivity index (χ1) is 14.6. The highest BCUT2D eigenvalue weighted by Crippen LogP contribution is 2.31. The Balaban J connectivity index is 1.79. The summed E-state index contributed by atoms with van der Waals surface area (Å²) in [6.07, 6.45) is 2.09. The van der Waals surface area contributed by atoms with Crippen LogP contribution in [0, 0.1) is 6.92 Å². The summed E-state index contributed by atoms with van der Waals surface area (Å²) in [6, 6.07) is 15.1. The second kappa shape index (κ2) is 10.5. The normalized spacial score (nSPS) is 10.6. The lowest BCUT2D eigenvalue weighted by Crippen LogP contribution is -2.28. The molecule has 0 aliphatic rings. The number of amides is 2. The monoisotopic (exact) mass is 407 g/mol. The second-order valence-electron chi connectivity index (χ2n) is 7.03. The molecule has 30 heavy (non-hydrogen) atoms. The largest absolute Gasteiger partial charge is 0.493 e. The lowest BCUT2D eigenvalue weighted by atomic mass is 10.1. The number of ether oxygens (including phenoxy) is 2. The quantitative estimate of drug-likeness (QED) is 0.463. The molecule has 0 aliphatic carbocycles. The molecule has 0 saturated carbocycles. The summed E-state index contributed by atoms with van der Waals surface area (Å²) in [7, 11) is 0. The molecular weight excluding hydrogens is 378 g/mol. The molecule has 6 heteroatoms. The Bertz CT molecular complexity index is 1000. The van der Waals surface area contributed by atoms with E-state index >= 15 is 0 Å². The van der Waals surface area contributed by atoms with Gasteiger partial charge in [0.1, 0.15) is 18.1 Å². The molecule has 0 spiro atoms. The van der Waals surface area contributed by atoms with E-state index in [2.05, 4.69) is 17.6 Å². The van der Waals surface area contributed by atoms with Crippen molar-refractivity contribution < 1.29 is 14.3 Å². The van der Waals surface area contributed by atoms with Gasteiger partial charge in [-0.3, -0.25) is 0 Å². The lowest BCUT2D eigenvalue weighted by Gasteiger charge is -2.16. The van der Waals surface area contributed by atoms with Crippen molar-refractivity contribution in [2.45, 2.75) is 40.2 Å². The predicted octanol–water partition coefficient (Wildman–Crippen LogP) is 5.44. The standard InChI is InChI=1S/C24H29N3O3/c1-4-6-14-29-23-17(3)22(27-21-13-8-7-12-20(21)23)16-30-19-11-9-10-18(15-19)26-24(28)25-5-2/h7-13,15H,4-6,14,16H2,1-3H3,(H2,25,26,28). The van der Waals surface area contributed by atoms with Crippen LogP contribution < -0.4 is 20.1 Å². The van der Waals surface area contributed by atoms with Crippen molar-refractivity contribution in [1.82, 2.24) is 10.3 Å². The molecule has 2 aromatic carbocycles. The van der Waals surface area contributed by atoms with Crippen LogP contribution in [0.1, 0.15) is 37.9 Å². The van der Waals surface area contributed by atoms with Crippen LogP contribution in [0.15, 0.2) is 48.5 Å². The predicted molar refractivity (Wildman–Crippen MR) is 120 cm³/mol. The van der Waals surface area contributed by atoms with Crippen LogP contribution in [0.3, 0.4) is 0 Å². The fraction of sp³-hybridized carbons (Fsp3) is 0.333. The van der Waals surface area contributed by atoms with E-state index in [1.807, 2.05) is 56.3 Å². The molecule has 1 heterocycles. The van der Waals surface area contributed by atoms with E-state index in [0.29, 0.717) is 31.2 Å². The highest BCUT2D eigenvalue weighted by atomic mass is 16.5. The van der Waals surface area contributed by atoms with Crippen LogP contribution in [-0.4, -0.2) is 24.2 Å². The summed E-state index contributed by atoms with van der Waals surface area (Å²) in [5, 5.41) is 6.51. The molecule has 158 valence electrons. The SMILES string of the molecule is CCCCOc1c(C)c(COc2cccc(NC(=O)NCC)c2)nc2ccccc12. The van der Waals surface area contributed by atoms with E-state index in [0.717, 1.165) is 40.8 Å². The number of rotatable bonds is 9. The summed E-state index contributed by atoms with van der Waals surface area (Å²) < 4.78 is 12.1. The maximum Gasteiger partial charge on any atom is 0.319 e. The number of nitrogens with one attached hydrogen (secondary N) is 2. The summed E-state index contributed by atoms with van der Waals surface area (Å²) >= 11 is 0. The lowest BCUT2D eigenvalue weighted by molar-refractivity contribution is 0.252. The number of carbonyl (C=O) groups excluding carboxylic acids is 1. The van der Waals surface area contributed by atoms with Crippen molar-refractivity contribution in [3.05, 3.63) is 59.8 Å². The van der Waals surface area contributed by atoms with Gasteiger partial charge in [0.2, 0.25) is 0 Å². The fourth-order valence-corrected chi connectivity index (χ4v) is 3.12. The third kappa shape index (κ3) is 5.41. The van der Waals surface area contributed by atoms with E-state index in [1.54, 1.807) is 6.07 Å². The van der Waals surface area contributed by atoms with E-state index in [-0.39, 0.29) is 6.03 Å². The van der Waals surface area contributed by atoms with Crippen molar-refractivity contribution in [2.24, 2.45) is 0 Å². The van der Waals surface area contributed by atoms with Crippen LogP contribution in [-0.2, 0) is 6.61 Å². The number of para-hydroxylation sites is 1. The zero-order chi connectivity index (χ0) is 21.3. The number of hydrogen-bond acceptors (Lipinski definition) is 4. The minimum atomic E-state index is -0.240. The van der Waals surface area contributed by atoms with Crippen molar-refractivity contribution in [3.63, 3.8) is 0 Å². The molecule has 3 rings (SSSR count). The molecule has 0 saturated heterocycles. The number of pyridine rings is 1. The molecule has 0 bridgehead atoms. The molecule has 0 fully saturated rings. The van der Waals surface area contributed by atoms with Crippen LogP contribution in [0.4, 0.5) is 10.5 Å². The summed E-state index contributed by atoms with van der Waals surface area (Å²) in [5.41, 5.74) is 3.38. The average Bonchev–Trinajstić information content (AvgIpc) is 2.74. The molecular formula is C24H29N3O3. The first-order valence-electron chi connectivity index (χ1n) is 10.4. The topological polar surface area (TPSA) is 72.5 Å². The van der Waals surface area contributed by atoms with Crippen LogP contribution in [0.2, 0.25) is 0 Å². The minimum absolute atomic E-state index is 0.240. The van der Waals surface area contributed by atoms with Gasteiger partial charge in [0, 0.05) is 29.2 Å². The molecule has 2 N–H and O–H groups in total. The molecule has 0 unspecified atom stereocenters. The fourth-order valence-electron chi connectivity index (χ4n) is 3.12. The van der Waals surface area contributed by atoms with Gasteiger partial charge < -0.3 is 20.1 Å². The first-order valence-corrected chi connectivity index (χ1v) is 10.4. The van der Waals surface area contributed by atoms with Crippen molar-refractivity contribution in [2.75, 3.05) is 18.5 Å². The van der Waals surface area contributed by atoms with Gasteiger partial charge in [-0.1, -0.05) is 31.5 Å². The first kappa shape index (κ1) is 21.4. The maximum atomic E-state index is 11.7. The van der Waals surface area contributed by atoms with Gasteiger partial charge in [-0.15, -0.1) is 0 Å². The molecule has 6 nitrogen and oxygen atoms in total. The maximum absolute atomic E-state index is 11.7. The average molecular weight is 408 g/mol. The van der Waals surface area contributed by atoms with Gasteiger partial charge in [0.25, 0.3) is 0 Å². The summed E-state index contributed by atoms with van der Waals surface area (Å²) in [4.78, 5) is 16.5. The molecule has 0 aliphatic heterocycles. The van der Waals surface area contributed by atoms with E-state index in [4.69, 9.17) is 14.5 Å². The van der Waals surface area contributed by atoms with Gasteiger partial charge in [-0.25, -0.2) is 9.78 Å². The van der Waals surface area contributed by atoms with E-state index in [1.165, 1.54) is 0 Å². The molecule has 0 atom stereocenters. The highest BCUT2D eigenvalue weighted by molar-refractivity contribution is 5.89. The summed E-state index contributed by atoms with van der Waals surface area (Å²) in [6.45, 7) is 7.60. The third-order valence-corrected chi connectivity index (χ3v) is 4.73.